The van der Waals surface area contributed by atoms with E-state index in [-0.39, 0.29) is 19.6 Å². The van der Waals surface area contributed by atoms with E-state index >= 15 is 0 Å². The molecular weight excluding hydrogens is 380 g/mol. The summed E-state index contributed by atoms with van der Waals surface area (Å²) in [6.45, 7) is 4.87. The standard InChI is InChI=1S/C21H28O8/c1-6-28-19(23)17-13(22)11-21(3,25)18(20(24)29-7-2)16(17)12-8-9-14(26-4)15(10-12)27-5/h8-10,16-18,25H,6-7,11H2,1-5H3/t16-,17-,18+,21-/m0/s1. The van der Waals surface area contributed by atoms with Crippen LogP contribution in [0.15, 0.2) is 18.2 Å². The fraction of sp³-hybridized carbons (Fsp3) is 0.571. The van der Waals surface area contributed by atoms with Crippen LogP contribution < -0.4 is 9.47 Å². The van der Waals surface area contributed by atoms with Crippen LogP contribution in [0.25, 0.3) is 0 Å². The van der Waals surface area contributed by atoms with Gasteiger partial charge in [-0.1, -0.05) is 6.07 Å². The number of benzene rings is 1. The lowest BCUT2D eigenvalue weighted by atomic mass is 9.61. The van der Waals surface area contributed by atoms with Crippen LogP contribution in [0.3, 0.4) is 0 Å². The van der Waals surface area contributed by atoms with Crippen molar-refractivity contribution in [3.63, 3.8) is 0 Å². The fourth-order valence-corrected chi connectivity index (χ4v) is 3.94. The van der Waals surface area contributed by atoms with Crippen LogP contribution in [0, 0.1) is 11.8 Å². The molecule has 1 saturated carbocycles. The van der Waals surface area contributed by atoms with E-state index in [0.717, 1.165) is 0 Å². The summed E-state index contributed by atoms with van der Waals surface area (Å²) in [6, 6.07) is 4.85. The van der Waals surface area contributed by atoms with Crippen molar-refractivity contribution in [2.24, 2.45) is 11.8 Å². The summed E-state index contributed by atoms with van der Waals surface area (Å²) in [5, 5.41) is 11.0. The van der Waals surface area contributed by atoms with Gasteiger partial charge in [0.1, 0.15) is 5.92 Å². The highest BCUT2D eigenvalue weighted by atomic mass is 16.5. The van der Waals surface area contributed by atoms with Gasteiger partial charge in [-0.05, 0) is 38.5 Å². The summed E-state index contributed by atoms with van der Waals surface area (Å²) in [5.41, 5.74) is -1.23. The summed E-state index contributed by atoms with van der Waals surface area (Å²) in [7, 11) is 2.94. The van der Waals surface area contributed by atoms with E-state index in [4.69, 9.17) is 18.9 Å². The van der Waals surface area contributed by atoms with Crippen molar-refractivity contribution < 1.29 is 38.4 Å². The Bertz CT molecular complexity index is 770. The number of ketones is 1. The largest absolute Gasteiger partial charge is 0.493 e. The van der Waals surface area contributed by atoms with Crippen LogP contribution in [0.5, 0.6) is 11.5 Å². The predicted molar refractivity (Wildman–Crippen MR) is 103 cm³/mol. The van der Waals surface area contributed by atoms with Gasteiger partial charge in [0.05, 0.1) is 39.0 Å². The first-order valence-electron chi connectivity index (χ1n) is 9.52. The van der Waals surface area contributed by atoms with Gasteiger partial charge in [-0.15, -0.1) is 0 Å². The molecule has 0 amide bonds. The normalized spacial score (nSPS) is 26.6. The third kappa shape index (κ3) is 4.53. The van der Waals surface area contributed by atoms with Gasteiger partial charge >= 0.3 is 11.9 Å². The van der Waals surface area contributed by atoms with Crippen LogP contribution in [-0.4, -0.2) is 55.9 Å². The monoisotopic (exact) mass is 408 g/mol. The zero-order valence-electron chi connectivity index (χ0n) is 17.4. The summed E-state index contributed by atoms with van der Waals surface area (Å²) in [6.07, 6.45) is -0.357. The zero-order chi connectivity index (χ0) is 21.8. The third-order valence-corrected chi connectivity index (χ3v) is 5.14. The highest BCUT2D eigenvalue weighted by Gasteiger charge is 2.57. The van der Waals surface area contributed by atoms with E-state index in [2.05, 4.69) is 0 Å². The van der Waals surface area contributed by atoms with Crippen molar-refractivity contribution in [1.29, 1.82) is 0 Å². The number of Topliss-reactive ketones (excluding diaryl/α,β-unsaturated/α-hetero) is 1. The highest BCUT2D eigenvalue weighted by Crippen LogP contribution is 2.48. The molecule has 0 unspecified atom stereocenters. The van der Waals surface area contributed by atoms with Crippen molar-refractivity contribution in [1.82, 2.24) is 0 Å². The molecule has 29 heavy (non-hydrogen) atoms. The summed E-state index contributed by atoms with van der Waals surface area (Å²) < 4.78 is 20.9. The average molecular weight is 408 g/mol. The number of esters is 2. The molecule has 1 aliphatic rings. The maximum absolute atomic E-state index is 12.8. The number of methoxy groups -OCH3 is 2. The van der Waals surface area contributed by atoms with Gasteiger partial charge in [0.25, 0.3) is 0 Å². The number of hydrogen-bond donors (Lipinski definition) is 1. The SMILES string of the molecule is CCOC(=O)[C@H]1C(=O)C[C@](C)(O)[C@@H](C(=O)OCC)[C@H]1c1ccc(OC)c(OC)c1. The number of carbonyl (C=O) groups is 3. The predicted octanol–water partition coefficient (Wildman–Crippen LogP) is 1.87. The second kappa shape index (κ2) is 9.26. The lowest BCUT2D eigenvalue weighted by Crippen LogP contribution is -2.55. The first-order valence-corrected chi connectivity index (χ1v) is 9.52. The average Bonchev–Trinajstić information content (AvgIpc) is 2.66. The molecule has 0 bridgehead atoms. The minimum absolute atomic E-state index is 0.0851. The molecule has 0 aromatic heterocycles. The Morgan fingerprint density at radius 3 is 2.21 bits per heavy atom. The number of hydrogen-bond acceptors (Lipinski definition) is 8. The summed E-state index contributed by atoms with van der Waals surface area (Å²) in [5.74, 6) is -4.46. The van der Waals surface area contributed by atoms with Gasteiger partial charge in [0, 0.05) is 12.3 Å². The second-order valence-corrected chi connectivity index (χ2v) is 7.10. The first kappa shape index (κ1) is 22.7. The van der Waals surface area contributed by atoms with Gasteiger partial charge < -0.3 is 24.1 Å². The minimum atomic E-state index is -1.69. The molecule has 0 heterocycles. The molecule has 1 aromatic rings. The Kier molecular flexibility index (Phi) is 7.24. The molecule has 0 spiro atoms. The Morgan fingerprint density at radius 1 is 1.07 bits per heavy atom. The highest BCUT2D eigenvalue weighted by molar-refractivity contribution is 6.02. The molecule has 1 aliphatic carbocycles. The third-order valence-electron chi connectivity index (χ3n) is 5.14. The van der Waals surface area contributed by atoms with Gasteiger partial charge in [-0.25, -0.2) is 0 Å². The summed E-state index contributed by atoms with van der Waals surface area (Å²) >= 11 is 0. The Hall–Kier alpha value is -2.61. The zero-order valence-corrected chi connectivity index (χ0v) is 17.4. The number of ether oxygens (including phenoxy) is 4. The molecule has 2 rings (SSSR count). The van der Waals surface area contributed by atoms with Crippen LogP contribution in [0.1, 0.15) is 38.7 Å². The topological polar surface area (TPSA) is 108 Å². The lowest BCUT2D eigenvalue weighted by Gasteiger charge is -2.43. The second-order valence-electron chi connectivity index (χ2n) is 7.10. The number of rotatable bonds is 7. The molecule has 8 nitrogen and oxygen atoms in total. The van der Waals surface area contributed by atoms with Gasteiger partial charge in [-0.2, -0.15) is 0 Å². The smallest absolute Gasteiger partial charge is 0.317 e. The Labute approximate surface area is 170 Å². The van der Waals surface area contributed by atoms with Crippen molar-refractivity contribution >= 4 is 17.7 Å². The molecule has 1 fully saturated rings. The van der Waals surface area contributed by atoms with Gasteiger partial charge in [0.15, 0.2) is 17.3 Å². The molecular formula is C21H28O8. The van der Waals surface area contributed by atoms with E-state index in [9.17, 15) is 19.5 Å². The molecule has 4 atom stereocenters. The fourth-order valence-electron chi connectivity index (χ4n) is 3.94. The van der Waals surface area contributed by atoms with Gasteiger partial charge in [-0.3, -0.25) is 14.4 Å². The summed E-state index contributed by atoms with van der Waals surface area (Å²) in [4.78, 5) is 38.3. The molecule has 1 aromatic carbocycles. The molecule has 0 aliphatic heterocycles. The van der Waals surface area contributed by atoms with E-state index in [1.807, 2.05) is 0 Å². The first-order chi connectivity index (χ1) is 13.7. The number of aliphatic hydroxyl groups is 1. The van der Waals surface area contributed by atoms with Crippen molar-refractivity contribution in [2.45, 2.75) is 38.7 Å². The number of carbonyl (C=O) groups excluding carboxylic acids is 3. The molecule has 0 saturated heterocycles. The molecule has 1 N–H and O–H groups in total. The molecule has 160 valence electrons. The minimum Gasteiger partial charge on any atom is -0.493 e. The van der Waals surface area contributed by atoms with Crippen molar-refractivity contribution in [3.05, 3.63) is 23.8 Å². The van der Waals surface area contributed by atoms with Crippen LogP contribution in [0.2, 0.25) is 0 Å². The lowest BCUT2D eigenvalue weighted by molar-refractivity contribution is -0.172. The maximum Gasteiger partial charge on any atom is 0.317 e. The van der Waals surface area contributed by atoms with E-state index in [1.54, 1.807) is 32.0 Å². The maximum atomic E-state index is 12.8. The molecule has 0 radical (unpaired) electrons. The van der Waals surface area contributed by atoms with E-state index in [1.165, 1.54) is 21.1 Å². The van der Waals surface area contributed by atoms with Crippen molar-refractivity contribution in [3.8, 4) is 11.5 Å². The van der Waals surface area contributed by atoms with Crippen LogP contribution in [0.4, 0.5) is 0 Å². The molecule has 8 heteroatoms. The van der Waals surface area contributed by atoms with E-state index < -0.39 is 41.1 Å². The van der Waals surface area contributed by atoms with Gasteiger partial charge in [0.2, 0.25) is 0 Å². The van der Waals surface area contributed by atoms with E-state index in [0.29, 0.717) is 17.1 Å². The van der Waals surface area contributed by atoms with Crippen molar-refractivity contribution in [2.75, 3.05) is 27.4 Å². The Morgan fingerprint density at radius 2 is 1.66 bits per heavy atom. The van der Waals surface area contributed by atoms with Crippen LogP contribution in [-0.2, 0) is 23.9 Å². The Balaban J connectivity index is 2.67. The quantitative estimate of drug-likeness (QED) is 0.538. The van der Waals surface area contributed by atoms with Crippen LogP contribution >= 0.6 is 0 Å².